The fraction of sp³-hybridized carbons (Fsp3) is 0.429. The molecule has 0 fully saturated rings. The summed E-state index contributed by atoms with van der Waals surface area (Å²) in [5.41, 5.74) is 3.71. The molecule has 0 saturated heterocycles. The van der Waals surface area contributed by atoms with Gasteiger partial charge in [0.05, 0.1) is 12.2 Å². The number of hydrogen-bond donors (Lipinski definition) is 1. The fourth-order valence-corrected chi connectivity index (χ4v) is 2.49. The molecule has 2 rings (SSSR count). The van der Waals surface area contributed by atoms with Crippen molar-refractivity contribution >= 4 is 26.3 Å². The minimum absolute atomic E-state index is 0.0112. The van der Waals surface area contributed by atoms with Gasteiger partial charge in [0.25, 0.3) is 0 Å². The van der Waals surface area contributed by atoms with E-state index in [0.717, 1.165) is 16.8 Å². The zero-order valence-electron chi connectivity index (χ0n) is 16.8. The Balaban J connectivity index is 0.00000114. The molecule has 0 radical (unpaired) electrons. The molecule has 0 saturated carbocycles. The van der Waals surface area contributed by atoms with Gasteiger partial charge in [0.15, 0.2) is 0 Å². The second-order valence-electron chi connectivity index (χ2n) is 8.31. The van der Waals surface area contributed by atoms with Crippen LogP contribution in [0.5, 0.6) is 5.75 Å². The molecule has 0 aliphatic heterocycles. The molecular formula is C21H28Cl2CrN2O. The van der Waals surface area contributed by atoms with E-state index < -0.39 is 0 Å². The van der Waals surface area contributed by atoms with E-state index in [2.05, 4.69) is 57.6 Å². The van der Waals surface area contributed by atoms with Crippen LogP contribution < -0.4 is 0 Å². The Morgan fingerprint density at radius 3 is 2.19 bits per heavy atom. The third-order valence-corrected chi connectivity index (χ3v) is 4.02. The fourth-order valence-electron chi connectivity index (χ4n) is 2.49. The van der Waals surface area contributed by atoms with Crippen LogP contribution >= 0.6 is 20.1 Å². The van der Waals surface area contributed by atoms with Crippen LogP contribution in [0.1, 0.15) is 63.9 Å². The van der Waals surface area contributed by atoms with E-state index in [9.17, 15) is 5.11 Å². The summed E-state index contributed by atoms with van der Waals surface area (Å²) >= 11 is -0.181. The van der Waals surface area contributed by atoms with Crippen LogP contribution in [0.4, 0.5) is 0 Å². The van der Waals surface area contributed by atoms with Crippen molar-refractivity contribution in [2.24, 2.45) is 4.99 Å². The van der Waals surface area contributed by atoms with Gasteiger partial charge in [-0.3, -0.25) is 9.98 Å². The van der Waals surface area contributed by atoms with Gasteiger partial charge in [-0.1, -0.05) is 53.7 Å². The predicted molar refractivity (Wildman–Crippen MR) is 113 cm³/mol. The van der Waals surface area contributed by atoms with Crippen LogP contribution in [0.3, 0.4) is 0 Å². The number of halogens is 2. The Labute approximate surface area is 178 Å². The number of aromatic hydroxyl groups is 1. The molecular weight excluding hydrogens is 419 g/mol. The van der Waals surface area contributed by atoms with E-state index in [1.165, 1.54) is 5.56 Å². The summed E-state index contributed by atoms with van der Waals surface area (Å²) in [6.07, 6.45) is 3.52. The summed E-state index contributed by atoms with van der Waals surface area (Å²) in [5.74, 6) is 0.320. The number of rotatable bonds is 3. The molecule has 0 bridgehead atoms. The molecule has 27 heavy (non-hydrogen) atoms. The molecule has 0 aliphatic carbocycles. The number of hydrogen-bond acceptors (Lipinski definition) is 3. The molecule has 0 amide bonds. The Hall–Kier alpha value is -1.05. The zero-order valence-corrected chi connectivity index (χ0v) is 19.5. The molecule has 0 spiro atoms. The molecule has 148 valence electrons. The molecule has 1 aromatic carbocycles. The van der Waals surface area contributed by atoms with Gasteiger partial charge in [-0.25, -0.2) is 0 Å². The van der Waals surface area contributed by atoms with Crippen LogP contribution in [0.2, 0.25) is 0 Å². The van der Waals surface area contributed by atoms with Gasteiger partial charge >= 0.3 is 33.5 Å². The van der Waals surface area contributed by atoms with E-state index in [-0.39, 0.29) is 24.2 Å². The van der Waals surface area contributed by atoms with Gasteiger partial charge in [0.1, 0.15) is 5.75 Å². The number of phenols is 1. The van der Waals surface area contributed by atoms with Crippen LogP contribution in [-0.2, 0) is 30.8 Å². The van der Waals surface area contributed by atoms with E-state index in [1.807, 2.05) is 24.3 Å². The van der Waals surface area contributed by atoms with Gasteiger partial charge in [0.2, 0.25) is 0 Å². The Bertz CT molecular complexity index is 751. The number of benzene rings is 1. The van der Waals surface area contributed by atoms with Gasteiger partial charge in [0, 0.05) is 23.5 Å². The number of aliphatic imine (C=N–C) groups is 1. The van der Waals surface area contributed by atoms with Crippen LogP contribution in [-0.4, -0.2) is 16.3 Å². The normalized spacial score (nSPS) is 12.0. The van der Waals surface area contributed by atoms with E-state index in [1.54, 1.807) is 12.4 Å². The van der Waals surface area contributed by atoms with Gasteiger partial charge in [-0.2, -0.15) is 0 Å². The molecule has 2 aromatic rings. The second-order valence-corrected chi connectivity index (χ2v) is 10.4. The molecule has 1 N–H and O–H groups in total. The van der Waals surface area contributed by atoms with Crippen molar-refractivity contribution in [3.8, 4) is 5.75 Å². The predicted octanol–water partition coefficient (Wildman–Crippen LogP) is 6.38. The molecule has 0 aliphatic rings. The number of nitrogens with zero attached hydrogens (tertiary/aromatic N) is 2. The van der Waals surface area contributed by atoms with Crippen molar-refractivity contribution in [3.63, 3.8) is 0 Å². The average molecular weight is 447 g/mol. The first-order chi connectivity index (χ1) is 12.5. The quantitative estimate of drug-likeness (QED) is 0.555. The third-order valence-electron chi connectivity index (χ3n) is 4.02. The number of phenolic OH excluding ortho intramolecular Hbond substituents is 1. The molecule has 1 aromatic heterocycles. The maximum absolute atomic E-state index is 10.7. The third kappa shape index (κ3) is 7.84. The molecule has 1 heterocycles. The van der Waals surface area contributed by atoms with Crippen molar-refractivity contribution in [1.29, 1.82) is 0 Å². The van der Waals surface area contributed by atoms with Crippen molar-refractivity contribution in [2.45, 2.75) is 58.9 Å². The SMILES string of the molecule is CC(C)(C)c1cc(C=NCc2ccccn2)c(O)c(C(C)(C)C)c1.[Cl][Cr][Cl]. The van der Waals surface area contributed by atoms with Crippen molar-refractivity contribution in [1.82, 2.24) is 4.98 Å². The van der Waals surface area contributed by atoms with Gasteiger partial charge in [-0.05, 0) is 34.6 Å². The molecule has 6 heteroatoms. The Morgan fingerprint density at radius 1 is 1.07 bits per heavy atom. The van der Waals surface area contributed by atoms with Crippen molar-refractivity contribution < 1.29 is 18.5 Å². The second kappa shape index (κ2) is 10.5. The topological polar surface area (TPSA) is 45.5 Å². The average Bonchev–Trinajstić information content (AvgIpc) is 2.56. The van der Waals surface area contributed by atoms with Crippen LogP contribution in [0, 0.1) is 0 Å². The van der Waals surface area contributed by atoms with E-state index in [0.29, 0.717) is 12.3 Å². The van der Waals surface area contributed by atoms with Crippen molar-refractivity contribution in [2.75, 3.05) is 0 Å². The summed E-state index contributed by atoms with van der Waals surface area (Å²) < 4.78 is 0. The number of aromatic nitrogens is 1. The zero-order chi connectivity index (χ0) is 20.7. The Kier molecular flexibility index (Phi) is 9.32. The van der Waals surface area contributed by atoms with Gasteiger partial charge in [-0.15, -0.1) is 0 Å². The summed E-state index contributed by atoms with van der Waals surface area (Å²) in [5, 5.41) is 10.7. The molecule has 0 unspecified atom stereocenters. The van der Waals surface area contributed by atoms with Crippen LogP contribution in [0.15, 0.2) is 41.5 Å². The van der Waals surface area contributed by atoms with Gasteiger partial charge < -0.3 is 5.11 Å². The Morgan fingerprint density at radius 2 is 1.70 bits per heavy atom. The first-order valence-corrected chi connectivity index (χ1v) is 12.2. The van der Waals surface area contributed by atoms with Crippen LogP contribution in [0.25, 0.3) is 0 Å². The standard InChI is InChI=1S/C21H28N2O.2ClH.Cr/c1-20(2,3)16-11-15(19(24)18(12-16)21(4,5)6)13-22-14-17-9-7-8-10-23-17;;;/h7-13,24H,14H2,1-6H3;2*1H;/q;;;+2/p-2. The summed E-state index contributed by atoms with van der Waals surface area (Å²) in [6, 6.07) is 9.94. The summed E-state index contributed by atoms with van der Waals surface area (Å²) in [7, 11) is 9.65. The monoisotopic (exact) mass is 446 g/mol. The maximum atomic E-state index is 10.7. The first-order valence-electron chi connectivity index (χ1n) is 8.67. The first kappa shape index (κ1) is 24.0. The molecule has 0 atom stereocenters. The van der Waals surface area contributed by atoms with E-state index in [4.69, 9.17) is 20.1 Å². The minimum atomic E-state index is -0.181. The molecule has 3 nitrogen and oxygen atoms in total. The van der Waals surface area contributed by atoms with E-state index >= 15 is 0 Å². The number of pyridine rings is 1. The van der Waals surface area contributed by atoms with Crippen molar-refractivity contribution in [3.05, 3.63) is 58.9 Å². The summed E-state index contributed by atoms with van der Waals surface area (Å²) in [6.45, 7) is 13.4. The summed E-state index contributed by atoms with van der Waals surface area (Å²) in [4.78, 5) is 8.74.